The number of hydrogen-bond acceptors (Lipinski definition) is 3. The number of pyridine rings is 1. The molecule has 0 amide bonds. The van der Waals surface area contributed by atoms with Gasteiger partial charge in [-0.15, -0.1) is 0 Å². The third-order valence-corrected chi connectivity index (χ3v) is 4.02. The molecule has 1 aliphatic heterocycles. The second-order valence-electron chi connectivity index (χ2n) is 5.52. The summed E-state index contributed by atoms with van der Waals surface area (Å²) in [5.74, 6) is 0.560. The maximum absolute atomic E-state index is 5.57. The summed E-state index contributed by atoms with van der Waals surface area (Å²) in [6, 6.07) is 10.9. The highest BCUT2D eigenvalue weighted by molar-refractivity contribution is 5.78. The Labute approximate surface area is 120 Å². The second-order valence-corrected chi connectivity index (χ2v) is 5.52. The van der Waals surface area contributed by atoms with Crippen LogP contribution in [0.5, 0.6) is 0 Å². The molecule has 0 spiro atoms. The Hall–Kier alpha value is -1.45. The summed E-state index contributed by atoms with van der Waals surface area (Å²) in [5.41, 5.74) is 2.35. The first-order valence-electron chi connectivity index (χ1n) is 7.54. The lowest BCUT2D eigenvalue weighted by Gasteiger charge is -2.24. The lowest BCUT2D eigenvalue weighted by atomic mass is 9.92. The monoisotopic (exact) mass is 270 g/mol. The Morgan fingerprint density at radius 2 is 2.30 bits per heavy atom. The first kappa shape index (κ1) is 13.5. The Bertz CT molecular complexity index is 564. The molecule has 3 heteroatoms. The fourth-order valence-corrected chi connectivity index (χ4v) is 2.93. The molecule has 3 nitrogen and oxygen atoms in total. The van der Waals surface area contributed by atoms with Crippen molar-refractivity contribution < 1.29 is 4.74 Å². The van der Waals surface area contributed by atoms with E-state index in [1.807, 2.05) is 12.3 Å². The summed E-state index contributed by atoms with van der Waals surface area (Å²) in [4.78, 5) is 4.60. The minimum Gasteiger partial charge on any atom is -0.381 e. The van der Waals surface area contributed by atoms with Crippen molar-refractivity contribution in [3.8, 4) is 0 Å². The van der Waals surface area contributed by atoms with Crippen molar-refractivity contribution in [2.45, 2.75) is 25.8 Å². The predicted octanol–water partition coefficient (Wildman–Crippen LogP) is 3.31. The molecule has 2 heterocycles. The molecule has 1 saturated heterocycles. The molecule has 2 aromatic rings. The van der Waals surface area contributed by atoms with Crippen LogP contribution in [0.3, 0.4) is 0 Å². The minimum absolute atomic E-state index is 0.356. The van der Waals surface area contributed by atoms with Gasteiger partial charge in [-0.25, -0.2) is 0 Å². The normalized spacial score (nSPS) is 20.4. The Balaban J connectivity index is 1.90. The van der Waals surface area contributed by atoms with E-state index in [2.05, 4.69) is 41.5 Å². The minimum atomic E-state index is 0.356. The third kappa shape index (κ3) is 2.84. The van der Waals surface area contributed by atoms with E-state index in [0.717, 1.165) is 38.1 Å². The van der Waals surface area contributed by atoms with Crippen LogP contribution in [0.2, 0.25) is 0 Å². The van der Waals surface area contributed by atoms with Crippen molar-refractivity contribution >= 4 is 10.9 Å². The van der Waals surface area contributed by atoms with Crippen molar-refractivity contribution in [2.24, 2.45) is 5.92 Å². The zero-order chi connectivity index (χ0) is 13.8. The molecule has 0 saturated carbocycles. The van der Waals surface area contributed by atoms with Gasteiger partial charge in [0.25, 0.3) is 0 Å². The van der Waals surface area contributed by atoms with Gasteiger partial charge in [-0.3, -0.25) is 4.98 Å². The number of para-hydroxylation sites is 1. The van der Waals surface area contributed by atoms with Crippen LogP contribution in [0.25, 0.3) is 10.9 Å². The number of ether oxygens (including phenoxy) is 1. The number of nitrogens with one attached hydrogen (secondary N) is 1. The van der Waals surface area contributed by atoms with Crippen LogP contribution in [0.15, 0.2) is 36.5 Å². The van der Waals surface area contributed by atoms with Crippen LogP contribution in [-0.2, 0) is 4.74 Å². The summed E-state index contributed by atoms with van der Waals surface area (Å²) in [5, 5.41) is 4.89. The van der Waals surface area contributed by atoms with Gasteiger partial charge in [0.2, 0.25) is 0 Å². The summed E-state index contributed by atoms with van der Waals surface area (Å²) in [6.45, 7) is 4.98. The van der Waals surface area contributed by atoms with E-state index >= 15 is 0 Å². The molecule has 2 unspecified atom stereocenters. The number of aromatic nitrogens is 1. The molecule has 0 bridgehead atoms. The van der Waals surface area contributed by atoms with Crippen molar-refractivity contribution in [3.63, 3.8) is 0 Å². The Kier molecular flexibility index (Phi) is 4.28. The molecular formula is C17H22N2O. The van der Waals surface area contributed by atoms with Crippen LogP contribution in [0, 0.1) is 5.92 Å². The van der Waals surface area contributed by atoms with Crippen molar-refractivity contribution in [3.05, 3.63) is 42.1 Å². The topological polar surface area (TPSA) is 34.2 Å². The zero-order valence-corrected chi connectivity index (χ0v) is 12.0. The molecule has 1 aromatic carbocycles. The molecule has 2 atom stereocenters. The van der Waals surface area contributed by atoms with Crippen LogP contribution in [0.1, 0.15) is 31.4 Å². The van der Waals surface area contributed by atoms with E-state index in [-0.39, 0.29) is 0 Å². The van der Waals surface area contributed by atoms with Crippen molar-refractivity contribution in [1.29, 1.82) is 0 Å². The Morgan fingerprint density at radius 1 is 1.40 bits per heavy atom. The predicted molar refractivity (Wildman–Crippen MR) is 81.7 cm³/mol. The van der Waals surface area contributed by atoms with Gasteiger partial charge in [0.05, 0.1) is 12.1 Å². The smallest absolute Gasteiger partial charge is 0.0702 e. The summed E-state index contributed by atoms with van der Waals surface area (Å²) >= 11 is 0. The summed E-state index contributed by atoms with van der Waals surface area (Å²) in [7, 11) is 0. The SMILES string of the molecule is CCCNC(c1cnc2ccccc2c1)C1CCOC1. The highest BCUT2D eigenvalue weighted by Gasteiger charge is 2.26. The molecular weight excluding hydrogens is 248 g/mol. The van der Waals surface area contributed by atoms with Gasteiger partial charge in [-0.2, -0.15) is 0 Å². The maximum atomic E-state index is 5.57. The molecule has 1 fully saturated rings. The average molecular weight is 270 g/mol. The molecule has 1 N–H and O–H groups in total. The number of fused-ring (bicyclic) bond motifs is 1. The highest BCUT2D eigenvalue weighted by Crippen LogP contribution is 2.29. The van der Waals surface area contributed by atoms with Crippen LogP contribution < -0.4 is 5.32 Å². The summed E-state index contributed by atoms with van der Waals surface area (Å²) in [6.07, 6.45) is 4.30. The van der Waals surface area contributed by atoms with E-state index < -0.39 is 0 Å². The van der Waals surface area contributed by atoms with Gasteiger partial charge in [-0.1, -0.05) is 25.1 Å². The lowest BCUT2D eigenvalue weighted by Crippen LogP contribution is -2.29. The van der Waals surface area contributed by atoms with E-state index in [9.17, 15) is 0 Å². The molecule has 1 aromatic heterocycles. The van der Waals surface area contributed by atoms with Gasteiger partial charge in [-0.05, 0) is 37.1 Å². The quantitative estimate of drug-likeness (QED) is 0.905. The first-order chi connectivity index (χ1) is 9.88. The lowest BCUT2D eigenvalue weighted by molar-refractivity contribution is 0.176. The highest BCUT2D eigenvalue weighted by atomic mass is 16.5. The standard InChI is InChI=1S/C17H22N2O/c1-2-8-18-17(14-7-9-20-12-14)15-10-13-5-3-4-6-16(13)19-11-15/h3-6,10-11,14,17-18H,2,7-9,12H2,1H3. The molecule has 106 valence electrons. The zero-order valence-electron chi connectivity index (χ0n) is 12.0. The van der Waals surface area contributed by atoms with Crippen molar-refractivity contribution in [1.82, 2.24) is 10.3 Å². The third-order valence-electron chi connectivity index (χ3n) is 4.02. The fourth-order valence-electron chi connectivity index (χ4n) is 2.93. The van der Waals surface area contributed by atoms with Crippen molar-refractivity contribution in [2.75, 3.05) is 19.8 Å². The number of rotatable bonds is 5. The van der Waals surface area contributed by atoms with Gasteiger partial charge < -0.3 is 10.1 Å². The average Bonchev–Trinajstić information content (AvgIpc) is 3.02. The number of benzene rings is 1. The second kappa shape index (κ2) is 6.33. The molecule has 1 aliphatic rings. The number of nitrogens with zero attached hydrogens (tertiary/aromatic N) is 1. The van der Waals surface area contributed by atoms with Crippen LogP contribution in [0.4, 0.5) is 0 Å². The number of hydrogen-bond donors (Lipinski definition) is 1. The van der Waals surface area contributed by atoms with Gasteiger partial charge in [0, 0.05) is 30.1 Å². The summed E-state index contributed by atoms with van der Waals surface area (Å²) < 4.78 is 5.57. The van der Waals surface area contributed by atoms with E-state index in [1.165, 1.54) is 10.9 Å². The molecule has 0 aliphatic carbocycles. The van der Waals surface area contributed by atoms with Gasteiger partial charge >= 0.3 is 0 Å². The molecule has 3 rings (SSSR count). The van der Waals surface area contributed by atoms with E-state index in [1.54, 1.807) is 0 Å². The van der Waals surface area contributed by atoms with Gasteiger partial charge in [0.1, 0.15) is 0 Å². The van der Waals surface area contributed by atoms with Crippen LogP contribution >= 0.6 is 0 Å². The fraction of sp³-hybridized carbons (Fsp3) is 0.471. The molecule has 20 heavy (non-hydrogen) atoms. The Morgan fingerprint density at radius 3 is 3.10 bits per heavy atom. The van der Waals surface area contributed by atoms with Crippen LogP contribution in [-0.4, -0.2) is 24.7 Å². The van der Waals surface area contributed by atoms with E-state index in [0.29, 0.717) is 12.0 Å². The molecule has 0 radical (unpaired) electrons. The first-order valence-corrected chi connectivity index (χ1v) is 7.54. The largest absolute Gasteiger partial charge is 0.381 e. The van der Waals surface area contributed by atoms with E-state index in [4.69, 9.17) is 4.74 Å². The maximum Gasteiger partial charge on any atom is 0.0702 e. The van der Waals surface area contributed by atoms with Gasteiger partial charge in [0.15, 0.2) is 0 Å².